The number of rotatable bonds is 2. The molecule has 0 atom stereocenters. The number of methoxy groups -OCH3 is 1. The summed E-state index contributed by atoms with van der Waals surface area (Å²) in [6, 6.07) is 1.94. The van der Waals surface area contributed by atoms with E-state index in [1.165, 1.54) is 13.3 Å². The van der Waals surface area contributed by atoms with E-state index in [4.69, 9.17) is 0 Å². The standard InChI is InChI=1S/C13H13N3O3/c1-7-4-8(2)10(14-5-7)11-15-6-9(12(17)16-11)13(18)19-3/h4-6H,1-3H3,(H,15,16,17). The number of aromatic nitrogens is 3. The van der Waals surface area contributed by atoms with Crippen LogP contribution in [0.2, 0.25) is 0 Å². The number of pyridine rings is 1. The first-order valence-corrected chi connectivity index (χ1v) is 5.64. The van der Waals surface area contributed by atoms with Crippen molar-refractivity contribution in [3.8, 4) is 11.5 Å². The summed E-state index contributed by atoms with van der Waals surface area (Å²) in [6.07, 6.45) is 2.89. The monoisotopic (exact) mass is 259 g/mol. The minimum absolute atomic E-state index is 0.129. The second-order valence-electron chi connectivity index (χ2n) is 4.14. The zero-order valence-corrected chi connectivity index (χ0v) is 10.9. The second-order valence-corrected chi connectivity index (χ2v) is 4.14. The summed E-state index contributed by atoms with van der Waals surface area (Å²) in [5, 5.41) is 0. The summed E-state index contributed by atoms with van der Waals surface area (Å²) in [5.74, 6) is -0.385. The first-order valence-electron chi connectivity index (χ1n) is 5.64. The molecule has 6 nitrogen and oxygen atoms in total. The highest BCUT2D eigenvalue weighted by Crippen LogP contribution is 2.16. The molecule has 0 aromatic carbocycles. The second kappa shape index (κ2) is 5.01. The van der Waals surface area contributed by atoms with Gasteiger partial charge in [0.15, 0.2) is 5.82 Å². The molecule has 0 radical (unpaired) electrons. The van der Waals surface area contributed by atoms with Gasteiger partial charge in [0.05, 0.1) is 7.11 Å². The molecule has 0 spiro atoms. The Morgan fingerprint density at radius 1 is 1.26 bits per heavy atom. The maximum atomic E-state index is 11.8. The van der Waals surface area contributed by atoms with Gasteiger partial charge in [0, 0.05) is 12.4 Å². The number of carbonyl (C=O) groups excluding carboxylic acids is 1. The summed E-state index contributed by atoms with van der Waals surface area (Å²) in [6.45, 7) is 3.81. The lowest BCUT2D eigenvalue weighted by Crippen LogP contribution is -2.20. The van der Waals surface area contributed by atoms with Crippen LogP contribution in [-0.4, -0.2) is 28.0 Å². The topological polar surface area (TPSA) is 84.9 Å². The number of hydrogen-bond donors (Lipinski definition) is 1. The number of aryl methyl sites for hydroxylation is 2. The Balaban J connectivity index is 2.50. The Bertz CT molecular complexity index is 692. The fraction of sp³-hybridized carbons (Fsp3) is 0.231. The molecule has 1 N–H and O–H groups in total. The zero-order valence-electron chi connectivity index (χ0n) is 10.9. The average molecular weight is 259 g/mol. The molecule has 0 aliphatic rings. The van der Waals surface area contributed by atoms with Crippen molar-refractivity contribution in [2.75, 3.05) is 7.11 Å². The molecule has 19 heavy (non-hydrogen) atoms. The van der Waals surface area contributed by atoms with Gasteiger partial charge in [-0.1, -0.05) is 6.07 Å². The predicted molar refractivity (Wildman–Crippen MR) is 68.9 cm³/mol. The molecule has 6 heteroatoms. The molecule has 2 aromatic rings. The normalized spacial score (nSPS) is 10.3. The molecular weight excluding hydrogens is 246 g/mol. The SMILES string of the molecule is COC(=O)c1cnc(-c2ncc(C)cc2C)[nH]c1=O. The molecule has 0 saturated carbocycles. The van der Waals surface area contributed by atoms with Crippen molar-refractivity contribution in [3.05, 3.63) is 45.5 Å². The molecule has 0 aliphatic heterocycles. The van der Waals surface area contributed by atoms with Crippen molar-refractivity contribution in [3.63, 3.8) is 0 Å². The summed E-state index contributed by atoms with van der Waals surface area (Å²) in [5.41, 5.74) is 1.83. The van der Waals surface area contributed by atoms with Gasteiger partial charge in [0.1, 0.15) is 11.3 Å². The van der Waals surface area contributed by atoms with Crippen molar-refractivity contribution in [1.82, 2.24) is 15.0 Å². The third-order valence-corrected chi connectivity index (χ3v) is 2.64. The third kappa shape index (κ3) is 2.52. The van der Waals surface area contributed by atoms with Crippen LogP contribution in [0.4, 0.5) is 0 Å². The molecule has 0 amide bonds. The van der Waals surface area contributed by atoms with Gasteiger partial charge in [-0.05, 0) is 25.0 Å². The minimum Gasteiger partial charge on any atom is -0.465 e. The van der Waals surface area contributed by atoms with Gasteiger partial charge in [0.2, 0.25) is 0 Å². The maximum absolute atomic E-state index is 11.8. The van der Waals surface area contributed by atoms with E-state index in [0.29, 0.717) is 11.5 Å². The first-order chi connectivity index (χ1) is 9.02. The lowest BCUT2D eigenvalue weighted by Gasteiger charge is -2.05. The number of nitrogens with zero attached hydrogens (tertiary/aromatic N) is 2. The molecule has 0 saturated heterocycles. The molecule has 0 fully saturated rings. The Kier molecular flexibility index (Phi) is 3.41. The third-order valence-electron chi connectivity index (χ3n) is 2.64. The van der Waals surface area contributed by atoms with Crippen molar-refractivity contribution >= 4 is 5.97 Å². The van der Waals surface area contributed by atoms with Crippen LogP contribution >= 0.6 is 0 Å². The Hall–Kier alpha value is -2.50. The van der Waals surface area contributed by atoms with Gasteiger partial charge in [-0.2, -0.15) is 0 Å². The summed E-state index contributed by atoms with van der Waals surface area (Å²) in [7, 11) is 1.21. The van der Waals surface area contributed by atoms with E-state index in [9.17, 15) is 9.59 Å². The van der Waals surface area contributed by atoms with Crippen LogP contribution < -0.4 is 5.56 Å². The van der Waals surface area contributed by atoms with Crippen molar-refractivity contribution < 1.29 is 9.53 Å². The number of carbonyl (C=O) groups is 1. The Morgan fingerprint density at radius 2 is 2.00 bits per heavy atom. The van der Waals surface area contributed by atoms with Crippen LogP contribution in [0.15, 0.2) is 23.3 Å². The van der Waals surface area contributed by atoms with Crippen LogP contribution in [0.25, 0.3) is 11.5 Å². The fourth-order valence-corrected chi connectivity index (χ4v) is 1.73. The Labute approximate surface area is 109 Å². The Morgan fingerprint density at radius 3 is 2.58 bits per heavy atom. The first kappa shape index (κ1) is 12.9. The highest BCUT2D eigenvalue weighted by atomic mass is 16.5. The molecule has 2 aromatic heterocycles. The van der Waals surface area contributed by atoms with Crippen LogP contribution in [-0.2, 0) is 4.74 Å². The largest absolute Gasteiger partial charge is 0.465 e. The van der Waals surface area contributed by atoms with Crippen molar-refractivity contribution in [2.45, 2.75) is 13.8 Å². The van der Waals surface area contributed by atoms with Crippen molar-refractivity contribution in [1.29, 1.82) is 0 Å². The summed E-state index contributed by atoms with van der Waals surface area (Å²) in [4.78, 5) is 33.9. The molecule has 2 heterocycles. The summed E-state index contributed by atoms with van der Waals surface area (Å²) >= 11 is 0. The van der Waals surface area contributed by atoms with Gasteiger partial charge in [-0.25, -0.2) is 9.78 Å². The van der Waals surface area contributed by atoms with Crippen LogP contribution in [0.3, 0.4) is 0 Å². The van der Waals surface area contributed by atoms with Crippen LogP contribution in [0.1, 0.15) is 21.5 Å². The van der Waals surface area contributed by atoms with Gasteiger partial charge in [-0.15, -0.1) is 0 Å². The van der Waals surface area contributed by atoms with Gasteiger partial charge in [0.25, 0.3) is 5.56 Å². The van der Waals surface area contributed by atoms with E-state index in [0.717, 1.165) is 11.1 Å². The van der Waals surface area contributed by atoms with E-state index >= 15 is 0 Å². The highest BCUT2D eigenvalue weighted by molar-refractivity contribution is 5.88. The van der Waals surface area contributed by atoms with Crippen LogP contribution in [0.5, 0.6) is 0 Å². The maximum Gasteiger partial charge on any atom is 0.345 e. The fourth-order valence-electron chi connectivity index (χ4n) is 1.73. The molecule has 98 valence electrons. The van der Waals surface area contributed by atoms with Gasteiger partial charge >= 0.3 is 5.97 Å². The lowest BCUT2D eigenvalue weighted by molar-refractivity contribution is 0.0598. The number of hydrogen-bond acceptors (Lipinski definition) is 5. The van der Waals surface area contributed by atoms with E-state index in [2.05, 4.69) is 19.7 Å². The van der Waals surface area contributed by atoms with E-state index in [1.54, 1.807) is 6.20 Å². The average Bonchev–Trinajstić information content (AvgIpc) is 2.37. The highest BCUT2D eigenvalue weighted by Gasteiger charge is 2.14. The molecule has 0 bridgehead atoms. The van der Waals surface area contributed by atoms with Crippen LogP contribution in [0, 0.1) is 13.8 Å². The number of nitrogens with one attached hydrogen (secondary N) is 1. The number of esters is 1. The van der Waals surface area contributed by atoms with Gasteiger partial charge in [-0.3, -0.25) is 9.78 Å². The van der Waals surface area contributed by atoms with Gasteiger partial charge < -0.3 is 9.72 Å². The van der Waals surface area contributed by atoms with E-state index in [1.807, 2.05) is 19.9 Å². The lowest BCUT2D eigenvalue weighted by atomic mass is 10.1. The van der Waals surface area contributed by atoms with E-state index in [-0.39, 0.29) is 5.56 Å². The molecule has 2 rings (SSSR count). The molecular formula is C13H13N3O3. The number of H-pyrrole nitrogens is 1. The molecule has 0 unspecified atom stereocenters. The number of ether oxygens (including phenoxy) is 1. The smallest absolute Gasteiger partial charge is 0.345 e. The number of aromatic amines is 1. The predicted octanol–water partition coefficient (Wildman–Crippen LogP) is 1.24. The zero-order chi connectivity index (χ0) is 14.0. The van der Waals surface area contributed by atoms with Crippen molar-refractivity contribution in [2.24, 2.45) is 0 Å². The van der Waals surface area contributed by atoms with E-state index < -0.39 is 11.5 Å². The summed E-state index contributed by atoms with van der Waals surface area (Å²) < 4.78 is 4.49. The minimum atomic E-state index is -0.714. The quantitative estimate of drug-likeness (QED) is 0.820. The molecule has 0 aliphatic carbocycles.